The monoisotopic (exact) mass is 457 g/mol. The van der Waals surface area contributed by atoms with Crippen molar-refractivity contribution in [2.45, 2.75) is 19.6 Å². The third-order valence-electron chi connectivity index (χ3n) is 4.64. The minimum Gasteiger partial charge on any atom is -0.360 e. The number of anilines is 1. The van der Waals surface area contributed by atoms with E-state index in [2.05, 4.69) is 10.5 Å². The molecular formula is C23H24ClN3O3S. The molecule has 0 saturated carbocycles. The quantitative estimate of drug-likeness (QED) is 0.468. The molecule has 0 aliphatic rings. The molecule has 1 aromatic heterocycles. The van der Waals surface area contributed by atoms with E-state index in [-0.39, 0.29) is 17.6 Å². The molecule has 31 heavy (non-hydrogen) atoms. The second-order valence-corrected chi connectivity index (χ2v) is 8.20. The van der Waals surface area contributed by atoms with Gasteiger partial charge in [-0.15, -0.1) is 11.8 Å². The summed E-state index contributed by atoms with van der Waals surface area (Å²) >= 11 is 7.34. The number of thioether (sulfide) groups is 1. The number of amides is 2. The van der Waals surface area contributed by atoms with Gasteiger partial charge in [0.2, 0.25) is 5.91 Å². The molecule has 6 nitrogen and oxygen atoms in total. The van der Waals surface area contributed by atoms with Crippen LogP contribution in [0.4, 0.5) is 5.69 Å². The first-order valence-corrected chi connectivity index (χ1v) is 11.5. The zero-order valence-corrected chi connectivity index (χ0v) is 19.0. The summed E-state index contributed by atoms with van der Waals surface area (Å²) in [5.41, 5.74) is 2.92. The van der Waals surface area contributed by atoms with Crippen LogP contribution in [0.15, 0.2) is 59.1 Å². The number of halogens is 1. The zero-order valence-electron chi connectivity index (χ0n) is 17.4. The molecule has 2 amide bonds. The van der Waals surface area contributed by atoms with E-state index in [1.807, 2.05) is 32.0 Å². The van der Waals surface area contributed by atoms with Crippen LogP contribution in [-0.2, 0) is 10.5 Å². The van der Waals surface area contributed by atoms with E-state index in [9.17, 15) is 9.59 Å². The van der Waals surface area contributed by atoms with E-state index >= 15 is 0 Å². The van der Waals surface area contributed by atoms with Crippen molar-refractivity contribution in [2.75, 3.05) is 24.2 Å². The van der Waals surface area contributed by atoms with Crippen LogP contribution in [0.25, 0.3) is 11.3 Å². The first-order chi connectivity index (χ1) is 15.0. The number of hydrogen-bond donors (Lipinski definition) is 1. The van der Waals surface area contributed by atoms with Gasteiger partial charge in [0.05, 0.1) is 11.5 Å². The summed E-state index contributed by atoms with van der Waals surface area (Å²) in [6.45, 7) is 5.23. The minimum absolute atomic E-state index is 0.0107. The Morgan fingerprint density at radius 3 is 2.39 bits per heavy atom. The average Bonchev–Trinajstić information content (AvgIpc) is 3.24. The number of rotatable bonds is 9. The van der Waals surface area contributed by atoms with Crippen LogP contribution in [0.5, 0.6) is 0 Å². The topological polar surface area (TPSA) is 75.4 Å². The Balaban J connectivity index is 1.46. The molecule has 0 aliphatic carbocycles. The maximum atomic E-state index is 12.3. The van der Waals surface area contributed by atoms with Gasteiger partial charge in [-0.25, -0.2) is 0 Å². The normalized spacial score (nSPS) is 10.7. The summed E-state index contributed by atoms with van der Waals surface area (Å²) < 4.78 is 5.35. The van der Waals surface area contributed by atoms with Gasteiger partial charge in [0.15, 0.2) is 0 Å². The fraction of sp³-hybridized carbons (Fsp3) is 0.261. The summed E-state index contributed by atoms with van der Waals surface area (Å²) in [7, 11) is 0. The summed E-state index contributed by atoms with van der Waals surface area (Å²) in [4.78, 5) is 26.3. The van der Waals surface area contributed by atoms with Gasteiger partial charge < -0.3 is 14.7 Å². The molecule has 0 saturated heterocycles. The predicted molar refractivity (Wildman–Crippen MR) is 125 cm³/mol. The molecular weight excluding hydrogens is 434 g/mol. The van der Waals surface area contributed by atoms with Crippen molar-refractivity contribution in [1.29, 1.82) is 0 Å². The lowest BCUT2D eigenvalue weighted by Crippen LogP contribution is -2.30. The maximum absolute atomic E-state index is 12.3. The minimum atomic E-state index is -0.120. The number of aromatic nitrogens is 1. The van der Waals surface area contributed by atoms with Crippen molar-refractivity contribution in [1.82, 2.24) is 10.1 Å². The van der Waals surface area contributed by atoms with Crippen LogP contribution >= 0.6 is 23.4 Å². The van der Waals surface area contributed by atoms with Crippen LogP contribution in [0.1, 0.15) is 30.0 Å². The Morgan fingerprint density at radius 2 is 1.74 bits per heavy atom. The van der Waals surface area contributed by atoms with E-state index in [1.54, 1.807) is 41.3 Å². The second kappa shape index (κ2) is 11.0. The highest BCUT2D eigenvalue weighted by molar-refractivity contribution is 7.99. The highest BCUT2D eigenvalue weighted by Crippen LogP contribution is 2.23. The Kier molecular flexibility index (Phi) is 8.14. The third kappa shape index (κ3) is 6.35. The Labute approximate surface area is 190 Å². The Bertz CT molecular complexity index is 1020. The maximum Gasteiger partial charge on any atom is 0.253 e. The van der Waals surface area contributed by atoms with Gasteiger partial charge in [-0.05, 0) is 50.2 Å². The third-order valence-corrected chi connectivity index (χ3v) is 5.85. The number of nitrogens with one attached hydrogen (secondary N) is 1. The molecule has 0 unspecified atom stereocenters. The van der Waals surface area contributed by atoms with Gasteiger partial charge in [-0.2, -0.15) is 0 Å². The lowest BCUT2D eigenvalue weighted by atomic mass is 10.1. The highest BCUT2D eigenvalue weighted by Gasteiger charge is 2.13. The molecule has 8 heteroatoms. The molecule has 3 aromatic rings. The van der Waals surface area contributed by atoms with Gasteiger partial charge in [-0.3, -0.25) is 9.59 Å². The first kappa shape index (κ1) is 22.9. The number of nitrogens with zero attached hydrogens (tertiary/aromatic N) is 2. The number of carbonyl (C=O) groups excluding carboxylic acids is 2. The molecule has 162 valence electrons. The summed E-state index contributed by atoms with van der Waals surface area (Å²) in [6.07, 6.45) is 0. The van der Waals surface area contributed by atoms with Gasteiger partial charge in [0, 0.05) is 41.0 Å². The van der Waals surface area contributed by atoms with E-state index in [0.717, 1.165) is 11.3 Å². The molecule has 1 heterocycles. The molecule has 0 spiro atoms. The fourth-order valence-corrected chi connectivity index (χ4v) is 3.79. The lowest BCUT2D eigenvalue weighted by molar-refractivity contribution is -0.113. The average molecular weight is 458 g/mol. The van der Waals surface area contributed by atoms with Crippen molar-refractivity contribution < 1.29 is 14.1 Å². The molecule has 0 bridgehead atoms. The Morgan fingerprint density at radius 1 is 1.06 bits per heavy atom. The predicted octanol–water partition coefficient (Wildman–Crippen LogP) is 5.35. The van der Waals surface area contributed by atoms with Gasteiger partial charge >= 0.3 is 0 Å². The molecule has 1 N–H and O–H groups in total. The van der Waals surface area contributed by atoms with Crippen molar-refractivity contribution >= 4 is 40.9 Å². The van der Waals surface area contributed by atoms with Crippen molar-refractivity contribution in [3.63, 3.8) is 0 Å². The van der Waals surface area contributed by atoms with Crippen molar-refractivity contribution in [3.05, 3.63) is 70.9 Å². The summed E-state index contributed by atoms with van der Waals surface area (Å²) in [5.74, 6) is 1.37. The molecule has 0 radical (unpaired) electrons. The van der Waals surface area contributed by atoms with E-state index < -0.39 is 0 Å². The fourth-order valence-electron chi connectivity index (χ4n) is 2.97. The van der Waals surface area contributed by atoms with Crippen molar-refractivity contribution in [2.24, 2.45) is 0 Å². The SMILES string of the molecule is CCN(CC)C(=O)c1ccc(NC(=O)CSCc2cc(-c3ccc(Cl)cc3)no2)cc1. The molecule has 0 aliphatic heterocycles. The molecule has 0 atom stereocenters. The lowest BCUT2D eigenvalue weighted by Gasteiger charge is -2.18. The van der Waals surface area contributed by atoms with Crippen LogP contribution in [0, 0.1) is 0 Å². The van der Waals surface area contributed by atoms with Gasteiger partial charge in [-0.1, -0.05) is 28.9 Å². The largest absolute Gasteiger partial charge is 0.360 e. The van der Waals surface area contributed by atoms with Crippen molar-refractivity contribution in [3.8, 4) is 11.3 Å². The Hall–Kier alpha value is -2.77. The summed E-state index contributed by atoms with van der Waals surface area (Å²) in [5, 5.41) is 7.58. The smallest absolute Gasteiger partial charge is 0.253 e. The zero-order chi connectivity index (χ0) is 22.2. The number of benzene rings is 2. The molecule has 3 rings (SSSR count). The second-order valence-electron chi connectivity index (χ2n) is 6.78. The summed E-state index contributed by atoms with van der Waals surface area (Å²) in [6, 6.07) is 16.2. The highest BCUT2D eigenvalue weighted by atomic mass is 35.5. The van der Waals surface area contributed by atoms with Crippen LogP contribution < -0.4 is 5.32 Å². The first-order valence-electron chi connectivity index (χ1n) is 9.98. The number of carbonyl (C=O) groups is 2. The molecule has 2 aromatic carbocycles. The van der Waals surface area contributed by atoms with Gasteiger partial charge in [0.25, 0.3) is 5.91 Å². The molecule has 0 fully saturated rings. The van der Waals surface area contributed by atoms with E-state index in [1.165, 1.54) is 11.8 Å². The van der Waals surface area contributed by atoms with Crippen LogP contribution in [-0.4, -0.2) is 40.7 Å². The van der Waals surface area contributed by atoms with E-state index in [0.29, 0.717) is 40.9 Å². The number of hydrogen-bond acceptors (Lipinski definition) is 5. The van der Waals surface area contributed by atoms with Crippen LogP contribution in [0.2, 0.25) is 5.02 Å². The van der Waals surface area contributed by atoms with Gasteiger partial charge in [0.1, 0.15) is 11.5 Å². The van der Waals surface area contributed by atoms with Crippen LogP contribution in [0.3, 0.4) is 0 Å². The standard InChI is InChI=1S/C23H24ClN3O3S/c1-3-27(4-2)23(29)17-7-11-19(12-8-17)25-22(28)15-31-14-20-13-21(26-30-20)16-5-9-18(24)10-6-16/h5-13H,3-4,14-15H2,1-2H3,(H,25,28). The van der Waals surface area contributed by atoms with E-state index in [4.69, 9.17) is 16.1 Å².